The lowest BCUT2D eigenvalue weighted by Crippen LogP contribution is -2.36. The molecule has 0 bridgehead atoms. The molecule has 1 aliphatic heterocycles. The number of halogens is 1. The van der Waals surface area contributed by atoms with Crippen LogP contribution in [0.5, 0.6) is 11.5 Å². The van der Waals surface area contributed by atoms with E-state index in [4.69, 9.17) is 9.47 Å². The van der Waals surface area contributed by atoms with Crippen molar-refractivity contribution in [2.24, 2.45) is 0 Å². The van der Waals surface area contributed by atoms with Crippen molar-refractivity contribution in [3.8, 4) is 11.5 Å². The predicted octanol–water partition coefficient (Wildman–Crippen LogP) is 4.69. The summed E-state index contributed by atoms with van der Waals surface area (Å²) in [6, 6.07) is 12.9. The van der Waals surface area contributed by atoms with Crippen molar-refractivity contribution in [2.75, 3.05) is 20.8 Å². The fourth-order valence-electron chi connectivity index (χ4n) is 4.13. The third-order valence-electron chi connectivity index (χ3n) is 5.68. The topological polar surface area (TPSA) is 34.6 Å². The number of aryl methyl sites for hydroxylation is 1. The quantitative estimate of drug-likeness (QED) is 0.631. The molecule has 5 heteroatoms. The summed E-state index contributed by atoms with van der Waals surface area (Å²) in [5, 5.41) is 0. The Hall–Kier alpha value is -2.92. The number of aromatic nitrogens is 1. The van der Waals surface area contributed by atoms with Gasteiger partial charge in [-0.05, 0) is 59.9 Å². The highest BCUT2D eigenvalue weighted by Crippen LogP contribution is 2.42. The number of nitrogens with zero attached hydrogens (tertiary/aromatic N) is 2. The number of ether oxygens (including phenoxy) is 2. The molecular formula is C24H25FN2O2. The maximum absolute atomic E-state index is 14.9. The average Bonchev–Trinajstić information content (AvgIpc) is 2.75. The van der Waals surface area contributed by atoms with Gasteiger partial charge in [-0.25, -0.2) is 4.39 Å². The van der Waals surface area contributed by atoms with Gasteiger partial charge in [0.25, 0.3) is 0 Å². The minimum Gasteiger partial charge on any atom is -0.493 e. The van der Waals surface area contributed by atoms with E-state index in [1.54, 1.807) is 20.3 Å². The van der Waals surface area contributed by atoms with Gasteiger partial charge in [-0.1, -0.05) is 18.2 Å². The number of benzene rings is 2. The second kappa shape index (κ2) is 8.21. The predicted molar refractivity (Wildman–Crippen MR) is 111 cm³/mol. The number of methoxy groups -OCH3 is 2. The van der Waals surface area contributed by atoms with Gasteiger partial charge >= 0.3 is 0 Å². The summed E-state index contributed by atoms with van der Waals surface area (Å²) >= 11 is 0. The van der Waals surface area contributed by atoms with Crippen LogP contribution in [0.25, 0.3) is 0 Å². The van der Waals surface area contributed by atoms with Crippen LogP contribution in [0.3, 0.4) is 0 Å². The van der Waals surface area contributed by atoms with Gasteiger partial charge in [-0.3, -0.25) is 9.88 Å². The van der Waals surface area contributed by atoms with Crippen LogP contribution in [0.4, 0.5) is 4.39 Å². The van der Waals surface area contributed by atoms with Crippen LogP contribution in [0.15, 0.2) is 54.9 Å². The summed E-state index contributed by atoms with van der Waals surface area (Å²) in [5.41, 5.74) is 5.24. The molecule has 150 valence electrons. The standard InChI is InChI=1S/C24H25FN2O2/c1-16-14-26-10-8-18(16)15-27-11-9-17-12-22(28-2)23(29-3)13-20(17)24(27)19-6-4-5-7-21(19)25/h4-8,10,12-14,24H,9,11,15H2,1-3H3. The monoisotopic (exact) mass is 392 g/mol. The molecule has 1 unspecified atom stereocenters. The molecule has 1 atom stereocenters. The molecule has 1 aliphatic rings. The second-order valence-corrected chi connectivity index (χ2v) is 7.35. The van der Waals surface area contributed by atoms with Crippen molar-refractivity contribution < 1.29 is 13.9 Å². The number of hydrogen-bond acceptors (Lipinski definition) is 4. The van der Waals surface area contributed by atoms with Crippen LogP contribution in [0, 0.1) is 12.7 Å². The molecule has 29 heavy (non-hydrogen) atoms. The van der Waals surface area contributed by atoms with Gasteiger partial charge < -0.3 is 9.47 Å². The van der Waals surface area contributed by atoms with Gasteiger partial charge in [0.15, 0.2) is 11.5 Å². The van der Waals surface area contributed by atoms with Gasteiger partial charge in [0.05, 0.1) is 20.3 Å². The Morgan fingerprint density at radius 1 is 1.07 bits per heavy atom. The van der Waals surface area contributed by atoms with E-state index in [0.29, 0.717) is 17.1 Å². The molecule has 0 amide bonds. The van der Waals surface area contributed by atoms with Crippen molar-refractivity contribution in [3.63, 3.8) is 0 Å². The van der Waals surface area contributed by atoms with Gasteiger partial charge in [-0.2, -0.15) is 0 Å². The Morgan fingerprint density at radius 3 is 2.55 bits per heavy atom. The number of fused-ring (bicyclic) bond motifs is 1. The zero-order valence-electron chi connectivity index (χ0n) is 17.0. The molecule has 2 heterocycles. The summed E-state index contributed by atoms with van der Waals surface area (Å²) in [4.78, 5) is 6.53. The Morgan fingerprint density at radius 2 is 1.83 bits per heavy atom. The molecule has 4 rings (SSSR count). The van der Waals surface area contributed by atoms with E-state index in [0.717, 1.165) is 30.6 Å². The molecule has 4 nitrogen and oxygen atoms in total. The Kier molecular flexibility index (Phi) is 5.49. The minimum absolute atomic E-state index is 0.198. The van der Waals surface area contributed by atoms with Crippen LogP contribution >= 0.6 is 0 Å². The molecule has 0 saturated carbocycles. The third kappa shape index (κ3) is 3.70. The first-order valence-corrected chi connectivity index (χ1v) is 9.75. The van der Waals surface area contributed by atoms with E-state index in [1.807, 2.05) is 42.7 Å². The van der Waals surface area contributed by atoms with Crippen molar-refractivity contribution in [1.29, 1.82) is 0 Å². The van der Waals surface area contributed by atoms with Gasteiger partial charge in [0.1, 0.15) is 5.82 Å². The first-order valence-electron chi connectivity index (χ1n) is 9.75. The summed E-state index contributed by atoms with van der Waals surface area (Å²) in [7, 11) is 3.27. The molecule has 1 aromatic heterocycles. The van der Waals surface area contributed by atoms with Gasteiger partial charge in [0.2, 0.25) is 0 Å². The number of pyridine rings is 1. The van der Waals surface area contributed by atoms with Crippen molar-refractivity contribution in [1.82, 2.24) is 9.88 Å². The number of hydrogen-bond donors (Lipinski definition) is 0. The van der Waals surface area contributed by atoms with Crippen molar-refractivity contribution >= 4 is 0 Å². The highest BCUT2D eigenvalue weighted by molar-refractivity contribution is 5.52. The Labute approximate surface area is 170 Å². The Balaban J connectivity index is 1.83. The highest BCUT2D eigenvalue weighted by Gasteiger charge is 2.32. The van der Waals surface area contributed by atoms with E-state index in [9.17, 15) is 4.39 Å². The van der Waals surface area contributed by atoms with Crippen molar-refractivity contribution in [3.05, 3.63) is 88.5 Å². The highest BCUT2D eigenvalue weighted by atomic mass is 19.1. The summed E-state index contributed by atoms with van der Waals surface area (Å²) < 4.78 is 25.9. The van der Waals surface area contributed by atoms with Crippen LogP contribution in [0.2, 0.25) is 0 Å². The number of rotatable bonds is 5. The molecule has 0 saturated heterocycles. The zero-order valence-corrected chi connectivity index (χ0v) is 17.0. The maximum atomic E-state index is 14.9. The summed E-state index contributed by atoms with van der Waals surface area (Å²) in [5.74, 6) is 1.17. The first-order chi connectivity index (χ1) is 14.1. The van der Waals surface area contributed by atoms with Crippen molar-refractivity contribution in [2.45, 2.75) is 25.9 Å². The fourth-order valence-corrected chi connectivity index (χ4v) is 4.13. The average molecular weight is 392 g/mol. The SMILES string of the molecule is COc1cc2c(cc1OC)C(c1ccccc1F)N(Cc1ccncc1C)CC2. The molecular weight excluding hydrogens is 367 g/mol. The van der Waals surface area contributed by atoms with E-state index < -0.39 is 0 Å². The Bertz CT molecular complexity index is 1020. The van der Waals surface area contributed by atoms with Crippen LogP contribution in [0.1, 0.15) is 33.9 Å². The smallest absolute Gasteiger partial charge is 0.161 e. The first kappa shape index (κ1) is 19.4. The largest absolute Gasteiger partial charge is 0.493 e. The van der Waals surface area contributed by atoms with Crippen LogP contribution in [-0.2, 0) is 13.0 Å². The van der Waals surface area contributed by atoms with E-state index in [2.05, 4.69) is 16.8 Å². The summed E-state index contributed by atoms with van der Waals surface area (Å²) in [6.07, 6.45) is 4.55. The van der Waals surface area contributed by atoms with E-state index in [1.165, 1.54) is 17.2 Å². The molecule has 0 radical (unpaired) electrons. The van der Waals surface area contributed by atoms with Gasteiger partial charge in [-0.15, -0.1) is 0 Å². The molecule has 2 aromatic carbocycles. The normalized spacial score (nSPS) is 16.3. The lowest BCUT2D eigenvalue weighted by atomic mass is 9.87. The zero-order chi connectivity index (χ0) is 20.4. The van der Waals surface area contributed by atoms with Crippen LogP contribution in [-0.4, -0.2) is 30.6 Å². The van der Waals surface area contributed by atoms with Crippen LogP contribution < -0.4 is 9.47 Å². The molecule has 0 N–H and O–H groups in total. The molecule has 0 aliphatic carbocycles. The van der Waals surface area contributed by atoms with E-state index >= 15 is 0 Å². The molecule has 3 aromatic rings. The lowest BCUT2D eigenvalue weighted by Gasteiger charge is -2.38. The maximum Gasteiger partial charge on any atom is 0.161 e. The fraction of sp³-hybridized carbons (Fsp3) is 0.292. The molecule has 0 fully saturated rings. The van der Waals surface area contributed by atoms with E-state index in [-0.39, 0.29) is 11.9 Å². The minimum atomic E-state index is -0.202. The second-order valence-electron chi connectivity index (χ2n) is 7.35. The lowest BCUT2D eigenvalue weighted by molar-refractivity contribution is 0.199. The van der Waals surface area contributed by atoms with Gasteiger partial charge in [0, 0.05) is 31.0 Å². The molecule has 0 spiro atoms. The summed E-state index contributed by atoms with van der Waals surface area (Å²) in [6.45, 7) is 3.61. The third-order valence-corrected chi connectivity index (χ3v) is 5.68.